The van der Waals surface area contributed by atoms with Crippen LogP contribution in [0, 0.1) is 0 Å². The molecule has 13 heavy (non-hydrogen) atoms. The zero-order valence-electron chi connectivity index (χ0n) is 6.84. The highest BCUT2D eigenvalue weighted by molar-refractivity contribution is 7.25. The van der Waals surface area contributed by atoms with Crippen LogP contribution in [0.15, 0.2) is 45.8 Å². The fraction of sp³-hybridized carbons (Fsp3) is 0. The maximum atomic E-state index is 2.16. The van der Waals surface area contributed by atoms with E-state index in [1.54, 1.807) is 34.0 Å². The largest absolute Gasteiger partial charge is 0.152 e. The Bertz CT molecular complexity index is 365. The Labute approximate surface area is 89.1 Å². The maximum absolute atomic E-state index is 2.16. The third-order valence-electron chi connectivity index (χ3n) is 1.50. The van der Waals surface area contributed by atoms with E-state index in [-0.39, 0.29) is 0 Å². The van der Waals surface area contributed by atoms with Gasteiger partial charge in [0.1, 0.15) is 0 Å². The molecule has 3 heteroatoms. The van der Waals surface area contributed by atoms with E-state index in [4.69, 9.17) is 0 Å². The summed E-state index contributed by atoms with van der Waals surface area (Å²) in [5.41, 5.74) is 0. The molecule has 3 rings (SSSR count). The van der Waals surface area contributed by atoms with Crippen molar-refractivity contribution >= 4 is 43.4 Å². The second kappa shape index (κ2) is 4.56. The summed E-state index contributed by atoms with van der Waals surface area (Å²) < 4.78 is 2.82. The number of hydrogen-bond acceptors (Lipinski definition) is 3. The molecule has 0 bridgehead atoms. The van der Waals surface area contributed by atoms with Gasteiger partial charge >= 0.3 is 0 Å². The molecule has 0 aromatic carbocycles. The molecule has 0 radical (unpaired) electrons. The van der Waals surface area contributed by atoms with Crippen LogP contribution in [0.25, 0.3) is 9.40 Å². The minimum Gasteiger partial charge on any atom is -0.152 e. The van der Waals surface area contributed by atoms with Crippen molar-refractivity contribution in [3.05, 3.63) is 45.8 Å². The van der Waals surface area contributed by atoms with Gasteiger partial charge in [0.2, 0.25) is 0 Å². The van der Waals surface area contributed by atoms with Gasteiger partial charge in [-0.05, 0) is 33.7 Å². The predicted molar refractivity (Wildman–Crippen MR) is 64.0 cm³/mol. The Morgan fingerprint density at radius 3 is 1.62 bits per heavy atom. The summed E-state index contributed by atoms with van der Waals surface area (Å²) in [6, 6.07) is 8.35. The first-order chi connectivity index (χ1) is 6.47. The lowest BCUT2D eigenvalue weighted by Gasteiger charge is -1.63. The van der Waals surface area contributed by atoms with Crippen molar-refractivity contribution in [1.29, 1.82) is 0 Å². The Morgan fingerprint density at radius 1 is 0.692 bits per heavy atom. The van der Waals surface area contributed by atoms with E-state index in [0.29, 0.717) is 0 Å². The van der Waals surface area contributed by atoms with E-state index in [1.807, 2.05) is 22.9 Å². The average molecular weight is 224 g/mol. The van der Waals surface area contributed by atoms with Crippen LogP contribution >= 0.6 is 34.0 Å². The zero-order chi connectivity index (χ0) is 8.93. The first-order valence-electron chi connectivity index (χ1n) is 3.85. The summed E-state index contributed by atoms with van der Waals surface area (Å²) in [7, 11) is 0. The van der Waals surface area contributed by atoms with E-state index in [0.717, 1.165) is 0 Å². The molecule has 0 aliphatic heterocycles. The SMILES string of the molecule is c1cc2sccc2s1.c1ccsc1. The molecule has 0 nitrogen and oxygen atoms in total. The van der Waals surface area contributed by atoms with Gasteiger partial charge in [-0.3, -0.25) is 0 Å². The lowest BCUT2D eigenvalue weighted by Crippen LogP contribution is -1.33. The maximum Gasteiger partial charge on any atom is 0.0450 e. The normalized spacial score (nSPS) is 9.54. The number of hydrogen-bond donors (Lipinski definition) is 0. The van der Waals surface area contributed by atoms with Gasteiger partial charge in [0.25, 0.3) is 0 Å². The molecular weight excluding hydrogens is 216 g/mol. The molecule has 3 aromatic heterocycles. The number of fused-ring (bicyclic) bond motifs is 1. The van der Waals surface area contributed by atoms with Crippen LogP contribution in [0.1, 0.15) is 0 Å². The zero-order valence-corrected chi connectivity index (χ0v) is 9.29. The fourth-order valence-electron chi connectivity index (χ4n) is 0.924. The van der Waals surface area contributed by atoms with Crippen molar-refractivity contribution in [2.45, 2.75) is 0 Å². The van der Waals surface area contributed by atoms with E-state index < -0.39 is 0 Å². The molecule has 0 fully saturated rings. The third-order valence-corrected chi connectivity index (χ3v) is 4.02. The summed E-state index contributed by atoms with van der Waals surface area (Å²) in [4.78, 5) is 0. The number of rotatable bonds is 0. The molecule has 0 aliphatic carbocycles. The second-order valence-electron chi connectivity index (χ2n) is 2.36. The molecule has 0 amide bonds. The molecule has 0 N–H and O–H groups in total. The van der Waals surface area contributed by atoms with E-state index in [2.05, 4.69) is 22.9 Å². The van der Waals surface area contributed by atoms with Crippen LogP contribution < -0.4 is 0 Å². The third kappa shape index (κ3) is 2.40. The van der Waals surface area contributed by atoms with Gasteiger partial charge in [0.15, 0.2) is 0 Å². The summed E-state index contributed by atoms with van der Waals surface area (Å²) in [5.74, 6) is 0. The van der Waals surface area contributed by atoms with Gasteiger partial charge in [-0.1, -0.05) is 12.1 Å². The minimum absolute atomic E-state index is 1.41. The molecule has 0 saturated heterocycles. The standard InChI is InChI=1S/C6H4S2.C4H4S/c1-3-7-6-2-4-8-5(1)6;1-2-4-5-3-1/h1-4H;1-4H. The quantitative estimate of drug-likeness (QED) is 0.518. The molecule has 3 heterocycles. The molecule has 0 saturated carbocycles. The van der Waals surface area contributed by atoms with Crippen molar-refractivity contribution in [3.63, 3.8) is 0 Å². The second-order valence-corrected chi connectivity index (χ2v) is 5.07. The van der Waals surface area contributed by atoms with Crippen LogP contribution in [0.3, 0.4) is 0 Å². The monoisotopic (exact) mass is 224 g/mol. The molecule has 66 valence electrons. The van der Waals surface area contributed by atoms with E-state index >= 15 is 0 Å². The van der Waals surface area contributed by atoms with Crippen LogP contribution in [-0.2, 0) is 0 Å². The van der Waals surface area contributed by atoms with Crippen molar-refractivity contribution in [2.75, 3.05) is 0 Å². The summed E-state index contributed by atoms with van der Waals surface area (Å²) in [6.45, 7) is 0. The predicted octanol–water partition coefficient (Wildman–Crippen LogP) is 4.71. The van der Waals surface area contributed by atoms with Crippen LogP contribution in [0.4, 0.5) is 0 Å². The topological polar surface area (TPSA) is 0 Å². The van der Waals surface area contributed by atoms with E-state index in [9.17, 15) is 0 Å². The molecule has 0 unspecified atom stereocenters. The molecule has 0 spiro atoms. The lowest BCUT2D eigenvalue weighted by molar-refractivity contribution is 2.03. The number of thiophene rings is 3. The Balaban J connectivity index is 0.000000113. The van der Waals surface area contributed by atoms with Gasteiger partial charge in [-0.15, -0.1) is 22.7 Å². The van der Waals surface area contributed by atoms with Crippen molar-refractivity contribution < 1.29 is 0 Å². The average Bonchev–Trinajstić information content (AvgIpc) is 2.84. The Hall–Kier alpha value is -0.640. The first-order valence-corrected chi connectivity index (χ1v) is 6.55. The smallest absolute Gasteiger partial charge is 0.0450 e. The van der Waals surface area contributed by atoms with Gasteiger partial charge in [-0.2, -0.15) is 11.3 Å². The van der Waals surface area contributed by atoms with Crippen LogP contribution in [-0.4, -0.2) is 0 Å². The van der Waals surface area contributed by atoms with Gasteiger partial charge < -0.3 is 0 Å². The highest BCUT2D eigenvalue weighted by Gasteiger charge is 1.90. The van der Waals surface area contributed by atoms with Crippen molar-refractivity contribution in [3.8, 4) is 0 Å². The molecule has 0 atom stereocenters. The summed E-state index contributed by atoms with van der Waals surface area (Å²) in [6.07, 6.45) is 0. The Kier molecular flexibility index (Phi) is 3.13. The van der Waals surface area contributed by atoms with Gasteiger partial charge in [0, 0.05) is 9.40 Å². The molecule has 0 aliphatic rings. The highest BCUT2D eigenvalue weighted by Crippen LogP contribution is 2.25. The molecule has 3 aromatic rings. The van der Waals surface area contributed by atoms with Crippen LogP contribution in [0.5, 0.6) is 0 Å². The van der Waals surface area contributed by atoms with Gasteiger partial charge in [-0.25, -0.2) is 0 Å². The summed E-state index contributed by atoms with van der Waals surface area (Å²) in [5, 5.41) is 8.34. The first kappa shape index (κ1) is 8.94. The summed E-state index contributed by atoms with van der Waals surface area (Å²) >= 11 is 5.32. The Morgan fingerprint density at radius 2 is 1.23 bits per heavy atom. The van der Waals surface area contributed by atoms with Crippen molar-refractivity contribution in [1.82, 2.24) is 0 Å². The van der Waals surface area contributed by atoms with E-state index in [1.165, 1.54) is 9.40 Å². The van der Waals surface area contributed by atoms with Crippen molar-refractivity contribution in [2.24, 2.45) is 0 Å². The highest BCUT2D eigenvalue weighted by atomic mass is 32.1. The lowest BCUT2D eigenvalue weighted by atomic mass is 10.5. The van der Waals surface area contributed by atoms with Gasteiger partial charge in [0.05, 0.1) is 0 Å². The molecular formula is C10H8S3. The fourth-order valence-corrected chi connectivity index (χ4v) is 3.20. The van der Waals surface area contributed by atoms with Crippen LogP contribution in [0.2, 0.25) is 0 Å². The minimum atomic E-state index is 1.41.